The van der Waals surface area contributed by atoms with Gasteiger partial charge in [0.05, 0.1) is 13.0 Å². The van der Waals surface area contributed by atoms with E-state index in [-0.39, 0.29) is 36.1 Å². The third kappa shape index (κ3) is 4.04. The van der Waals surface area contributed by atoms with Gasteiger partial charge in [-0.25, -0.2) is 0 Å². The number of methoxy groups -OCH3 is 2. The van der Waals surface area contributed by atoms with E-state index in [1.165, 1.54) is 7.11 Å². The summed E-state index contributed by atoms with van der Waals surface area (Å²) in [5.74, 6) is 0.0312. The largest absolute Gasteiger partial charge is 0.469 e. The molecule has 1 aliphatic rings. The van der Waals surface area contributed by atoms with Crippen molar-refractivity contribution >= 4 is 11.9 Å². The molecule has 2 rings (SSSR count). The molecule has 0 aromatic carbocycles. The molecule has 0 spiro atoms. The van der Waals surface area contributed by atoms with Gasteiger partial charge in [0.15, 0.2) is 11.5 Å². The first-order valence-electron chi connectivity index (χ1n) is 6.97. The monoisotopic (exact) mass is 296 g/mol. The van der Waals surface area contributed by atoms with Crippen LogP contribution in [0.4, 0.5) is 0 Å². The van der Waals surface area contributed by atoms with Crippen LogP contribution >= 0.6 is 0 Å². The van der Waals surface area contributed by atoms with Gasteiger partial charge >= 0.3 is 5.97 Å². The zero-order valence-electron chi connectivity index (χ0n) is 12.3. The van der Waals surface area contributed by atoms with Crippen molar-refractivity contribution < 1.29 is 23.6 Å². The van der Waals surface area contributed by atoms with Gasteiger partial charge in [0.25, 0.3) is 5.91 Å². The maximum absolute atomic E-state index is 12.0. The van der Waals surface area contributed by atoms with Crippen molar-refractivity contribution in [2.24, 2.45) is 5.92 Å². The lowest BCUT2D eigenvalue weighted by molar-refractivity contribution is -0.146. The second-order valence-corrected chi connectivity index (χ2v) is 5.16. The Kier molecular flexibility index (Phi) is 5.32. The van der Waals surface area contributed by atoms with Crippen molar-refractivity contribution in [2.75, 3.05) is 14.2 Å². The van der Waals surface area contributed by atoms with Crippen LogP contribution in [0.5, 0.6) is 0 Å². The molecule has 1 amide bonds. The fraction of sp³-hybridized carbons (Fsp3) is 0.643. The zero-order chi connectivity index (χ0) is 15.2. The summed E-state index contributed by atoms with van der Waals surface area (Å²) in [4.78, 5) is 23.5. The van der Waals surface area contributed by atoms with Crippen molar-refractivity contribution in [3.05, 3.63) is 17.5 Å². The molecule has 7 nitrogen and oxygen atoms in total. The number of hydrogen-bond acceptors (Lipinski definition) is 6. The predicted octanol–water partition coefficient (Wildman–Crippen LogP) is 1.28. The number of rotatable bonds is 5. The molecule has 0 atom stereocenters. The van der Waals surface area contributed by atoms with Crippen LogP contribution in [-0.2, 0) is 20.9 Å². The SMILES string of the molecule is COCc1cc(C(=O)NC2CCC(C(=O)OC)CC2)no1. The smallest absolute Gasteiger partial charge is 0.308 e. The van der Waals surface area contributed by atoms with E-state index in [0.29, 0.717) is 5.76 Å². The van der Waals surface area contributed by atoms with Gasteiger partial charge < -0.3 is 19.3 Å². The van der Waals surface area contributed by atoms with Crippen LogP contribution in [0.25, 0.3) is 0 Å². The number of amides is 1. The molecule has 0 radical (unpaired) electrons. The van der Waals surface area contributed by atoms with E-state index >= 15 is 0 Å². The van der Waals surface area contributed by atoms with Crippen LogP contribution in [0, 0.1) is 5.92 Å². The Morgan fingerprint density at radius 3 is 2.67 bits per heavy atom. The first-order chi connectivity index (χ1) is 10.1. The van der Waals surface area contributed by atoms with E-state index in [1.807, 2.05) is 0 Å². The van der Waals surface area contributed by atoms with Gasteiger partial charge in [0.1, 0.15) is 6.61 Å². The van der Waals surface area contributed by atoms with E-state index in [2.05, 4.69) is 10.5 Å². The number of nitrogens with zero attached hydrogens (tertiary/aromatic N) is 1. The molecule has 0 saturated heterocycles. The summed E-state index contributed by atoms with van der Waals surface area (Å²) < 4.78 is 14.6. The molecule has 0 aliphatic heterocycles. The third-order valence-corrected chi connectivity index (χ3v) is 3.68. The summed E-state index contributed by atoms with van der Waals surface area (Å²) in [6.07, 6.45) is 2.97. The first-order valence-corrected chi connectivity index (χ1v) is 6.97. The number of nitrogens with one attached hydrogen (secondary N) is 1. The first kappa shape index (κ1) is 15.5. The highest BCUT2D eigenvalue weighted by atomic mass is 16.5. The predicted molar refractivity (Wildman–Crippen MR) is 72.4 cm³/mol. The fourth-order valence-corrected chi connectivity index (χ4v) is 2.53. The highest BCUT2D eigenvalue weighted by Gasteiger charge is 2.28. The van der Waals surface area contributed by atoms with E-state index in [0.717, 1.165) is 25.7 Å². The fourth-order valence-electron chi connectivity index (χ4n) is 2.53. The number of hydrogen-bond donors (Lipinski definition) is 1. The number of carbonyl (C=O) groups excluding carboxylic acids is 2. The highest BCUT2D eigenvalue weighted by Crippen LogP contribution is 2.25. The van der Waals surface area contributed by atoms with Crippen LogP contribution in [0.15, 0.2) is 10.6 Å². The minimum absolute atomic E-state index is 0.0523. The van der Waals surface area contributed by atoms with E-state index in [4.69, 9.17) is 14.0 Å². The van der Waals surface area contributed by atoms with Gasteiger partial charge in [-0.1, -0.05) is 5.16 Å². The lowest BCUT2D eigenvalue weighted by atomic mass is 9.86. The molecule has 1 aromatic rings. The molecule has 1 fully saturated rings. The second-order valence-electron chi connectivity index (χ2n) is 5.16. The van der Waals surface area contributed by atoms with Crippen LogP contribution in [0.1, 0.15) is 41.9 Å². The Bertz CT molecular complexity index is 491. The second kappa shape index (κ2) is 7.21. The summed E-state index contributed by atoms with van der Waals surface area (Å²) in [5, 5.41) is 6.63. The number of aromatic nitrogens is 1. The quantitative estimate of drug-likeness (QED) is 0.823. The van der Waals surface area contributed by atoms with Crippen molar-refractivity contribution in [2.45, 2.75) is 38.3 Å². The van der Waals surface area contributed by atoms with E-state index in [1.54, 1.807) is 13.2 Å². The molecule has 0 unspecified atom stereocenters. The summed E-state index contributed by atoms with van der Waals surface area (Å²) in [7, 11) is 2.94. The van der Waals surface area contributed by atoms with Gasteiger partial charge in [-0.3, -0.25) is 9.59 Å². The molecule has 1 N–H and O–H groups in total. The minimum Gasteiger partial charge on any atom is -0.469 e. The average molecular weight is 296 g/mol. The molecular weight excluding hydrogens is 276 g/mol. The van der Waals surface area contributed by atoms with Gasteiger partial charge in [-0.05, 0) is 25.7 Å². The lowest BCUT2D eigenvalue weighted by Gasteiger charge is -2.27. The zero-order valence-corrected chi connectivity index (χ0v) is 12.3. The normalized spacial score (nSPS) is 21.8. The molecule has 0 bridgehead atoms. The average Bonchev–Trinajstić information content (AvgIpc) is 2.96. The molecule has 1 saturated carbocycles. The van der Waals surface area contributed by atoms with Crippen LogP contribution in [-0.4, -0.2) is 37.3 Å². The Morgan fingerprint density at radius 2 is 2.05 bits per heavy atom. The standard InChI is InChI=1S/C14H20N2O5/c1-19-8-11-7-12(16-21-11)13(17)15-10-5-3-9(4-6-10)14(18)20-2/h7,9-10H,3-6,8H2,1-2H3,(H,15,17). The highest BCUT2D eigenvalue weighted by molar-refractivity contribution is 5.92. The summed E-state index contributed by atoms with van der Waals surface area (Å²) in [5.41, 5.74) is 0.247. The van der Waals surface area contributed by atoms with Crippen LogP contribution < -0.4 is 5.32 Å². The van der Waals surface area contributed by atoms with Crippen molar-refractivity contribution in [3.63, 3.8) is 0 Å². The Hall–Kier alpha value is -1.89. The van der Waals surface area contributed by atoms with E-state index in [9.17, 15) is 9.59 Å². The summed E-state index contributed by atoms with van der Waals surface area (Å²) >= 11 is 0. The number of ether oxygens (including phenoxy) is 2. The van der Waals surface area contributed by atoms with Crippen molar-refractivity contribution in [1.29, 1.82) is 0 Å². The maximum atomic E-state index is 12.0. The molecule has 116 valence electrons. The molecule has 1 aliphatic carbocycles. The van der Waals surface area contributed by atoms with Gasteiger partial charge in [0, 0.05) is 19.2 Å². The topological polar surface area (TPSA) is 90.7 Å². The van der Waals surface area contributed by atoms with Crippen molar-refractivity contribution in [1.82, 2.24) is 10.5 Å². The number of esters is 1. The Labute approximate surface area is 123 Å². The van der Waals surface area contributed by atoms with Gasteiger partial charge in [-0.2, -0.15) is 0 Å². The van der Waals surface area contributed by atoms with Crippen molar-refractivity contribution in [3.8, 4) is 0 Å². The van der Waals surface area contributed by atoms with Gasteiger partial charge in [0.2, 0.25) is 0 Å². The molecule has 1 aromatic heterocycles. The molecule has 21 heavy (non-hydrogen) atoms. The van der Waals surface area contributed by atoms with Crippen LogP contribution in [0.3, 0.4) is 0 Å². The van der Waals surface area contributed by atoms with Gasteiger partial charge in [-0.15, -0.1) is 0 Å². The molecule has 7 heteroatoms. The lowest BCUT2D eigenvalue weighted by Crippen LogP contribution is -2.39. The molecular formula is C14H20N2O5. The number of carbonyl (C=O) groups is 2. The summed E-state index contributed by atoms with van der Waals surface area (Å²) in [6, 6.07) is 1.62. The maximum Gasteiger partial charge on any atom is 0.308 e. The van der Waals surface area contributed by atoms with Crippen LogP contribution in [0.2, 0.25) is 0 Å². The Balaban J connectivity index is 1.82. The third-order valence-electron chi connectivity index (χ3n) is 3.68. The molecule has 1 heterocycles. The summed E-state index contributed by atoms with van der Waals surface area (Å²) in [6.45, 7) is 0.282. The minimum atomic E-state index is -0.261. The Morgan fingerprint density at radius 1 is 1.33 bits per heavy atom. The van der Waals surface area contributed by atoms with E-state index < -0.39 is 0 Å².